The molecule has 0 aliphatic heterocycles. The maximum Gasteiger partial charge on any atom is 0.243 e. The predicted octanol–water partition coefficient (Wildman–Crippen LogP) is 1.69. The summed E-state index contributed by atoms with van der Waals surface area (Å²) in [7, 11) is -3.43. The molecule has 0 spiro atoms. The van der Waals surface area contributed by atoms with E-state index in [4.69, 9.17) is 10.5 Å². The number of hydrogen-bond acceptors (Lipinski definition) is 4. The Morgan fingerprint density at radius 3 is 2.30 bits per heavy atom. The van der Waals surface area contributed by atoms with E-state index < -0.39 is 10.0 Å². The second-order valence-corrected chi connectivity index (χ2v) is 6.90. The Bertz CT molecular complexity index is 498. The molecule has 0 heterocycles. The van der Waals surface area contributed by atoms with Crippen molar-refractivity contribution in [2.45, 2.75) is 25.7 Å². The summed E-state index contributed by atoms with van der Waals surface area (Å²) in [5.41, 5.74) is 5.35. The second-order valence-electron chi connectivity index (χ2n) is 4.96. The highest BCUT2D eigenvalue weighted by Gasteiger charge is 2.23. The Morgan fingerprint density at radius 2 is 1.85 bits per heavy atom. The molecule has 6 heteroatoms. The first-order chi connectivity index (χ1) is 9.41. The third-order valence-electron chi connectivity index (χ3n) is 2.77. The van der Waals surface area contributed by atoms with Crippen molar-refractivity contribution >= 4 is 10.0 Å². The molecule has 114 valence electrons. The molecule has 0 atom stereocenters. The lowest BCUT2D eigenvalue weighted by Crippen LogP contribution is -2.34. The van der Waals surface area contributed by atoms with Gasteiger partial charge >= 0.3 is 0 Å². The number of rotatable bonds is 8. The summed E-state index contributed by atoms with van der Waals surface area (Å²) in [5, 5.41) is 0. The minimum absolute atomic E-state index is 0.289. The van der Waals surface area contributed by atoms with Crippen molar-refractivity contribution in [1.29, 1.82) is 0 Å². The van der Waals surface area contributed by atoms with E-state index >= 15 is 0 Å². The first-order valence-corrected chi connectivity index (χ1v) is 8.29. The molecule has 0 amide bonds. The van der Waals surface area contributed by atoms with Gasteiger partial charge in [0.1, 0.15) is 12.4 Å². The first kappa shape index (κ1) is 16.9. The van der Waals surface area contributed by atoms with E-state index in [-0.39, 0.29) is 5.92 Å². The molecule has 0 bridgehead atoms. The topological polar surface area (TPSA) is 72.6 Å². The van der Waals surface area contributed by atoms with Gasteiger partial charge in [-0.1, -0.05) is 20.8 Å². The number of benzene rings is 1. The quantitative estimate of drug-likeness (QED) is 0.793. The SMILES string of the molecule is CCN(CC(C)C)S(=O)(=O)c1ccc(OCCN)cc1. The number of nitrogens with zero attached hydrogens (tertiary/aromatic N) is 1. The molecule has 0 saturated carbocycles. The van der Waals surface area contributed by atoms with Crippen molar-refractivity contribution in [3.8, 4) is 5.75 Å². The lowest BCUT2D eigenvalue weighted by atomic mass is 10.2. The standard InChI is InChI=1S/C14H24N2O3S/c1-4-16(11-12(2)3)20(17,18)14-7-5-13(6-8-14)19-10-9-15/h5-8,12H,4,9-11,15H2,1-3H3. The van der Waals surface area contributed by atoms with Gasteiger partial charge in [-0.3, -0.25) is 0 Å². The molecule has 1 rings (SSSR count). The van der Waals surface area contributed by atoms with Crippen molar-refractivity contribution in [2.24, 2.45) is 11.7 Å². The van der Waals surface area contributed by atoms with E-state index in [0.717, 1.165) is 0 Å². The third-order valence-corrected chi connectivity index (χ3v) is 4.72. The van der Waals surface area contributed by atoms with Crippen LogP contribution in [0.2, 0.25) is 0 Å². The van der Waals surface area contributed by atoms with Crippen LogP contribution in [0.3, 0.4) is 0 Å². The van der Waals surface area contributed by atoms with Crippen molar-refractivity contribution in [3.63, 3.8) is 0 Å². The van der Waals surface area contributed by atoms with Crippen molar-refractivity contribution < 1.29 is 13.2 Å². The normalized spacial score (nSPS) is 12.1. The van der Waals surface area contributed by atoms with E-state index in [1.807, 2.05) is 20.8 Å². The van der Waals surface area contributed by atoms with E-state index in [1.54, 1.807) is 24.3 Å². The molecule has 20 heavy (non-hydrogen) atoms. The van der Waals surface area contributed by atoms with Gasteiger partial charge in [-0.15, -0.1) is 0 Å². The zero-order valence-electron chi connectivity index (χ0n) is 12.4. The van der Waals surface area contributed by atoms with E-state index in [9.17, 15) is 8.42 Å². The Morgan fingerprint density at radius 1 is 1.25 bits per heavy atom. The number of hydrogen-bond donors (Lipinski definition) is 1. The van der Waals surface area contributed by atoms with Gasteiger partial charge in [0.25, 0.3) is 0 Å². The second kappa shape index (κ2) is 7.61. The molecule has 0 fully saturated rings. The van der Waals surface area contributed by atoms with Crippen LogP contribution in [0.4, 0.5) is 0 Å². The highest BCUT2D eigenvalue weighted by Crippen LogP contribution is 2.20. The van der Waals surface area contributed by atoms with Gasteiger partial charge < -0.3 is 10.5 Å². The Kier molecular flexibility index (Phi) is 6.45. The van der Waals surface area contributed by atoms with Gasteiger partial charge in [0.05, 0.1) is 4.90 Å². The first-order valence-electron chi connectivity index (χ1n) is 6.84. The predicted molar refractivity (Wildman–Crippen MR) is 80.3 cm³/mol. The van der Waals surface area contributed by atoms with Crippen LogP contribution in [-0.2, 0) is 10.0 Å². The van der Waals surface area contributed by atoms with Crippen LogP contribution >= 0.6 is 0 Å². The molecule has 1 aromatic carbocycles. The van der Waals surface area contributed by atoms with Crippen LogP contribution in [0.15, 0.2) is 29.2 Å². The van der Waals surface area contributed by atoms with Crippen LogP contribution < -0.4 is 10.5 Å². The highest BCUT2D eigenvalue weighted by atomic mass is 32.2. The molecule has 0 aromatic heterocycles. The smallest absolute Gasteiger partial charge is 0.243 e. The van der Waals surface area contributed by atoms with Crippen LogP contribution in [0.5, 0.6) is 5.75 Å². The summed E-state index contributed by atoms with van der Waals surface area (Å²) in [6, 6.07) is 6.46. The fourth-order valence-corrected chi connectivity index (χ4v) is 3.45. The number of sulfonamides is 1. The summed E-state index contributed by atoms with van der Waals surface area (Å²) >= 11 is 0. The third kappa shape index (κ3) is 4.47. The minimum Gasteiger partial charge on any atom is -0.492 e. The molecule has 0 aliphatic rings. The molecule has 0 radical (unpaired) electrons. The Balaban J connectivity index is 2.91. The van der Waals surface area contributed by atoms with Gasteiger partial charge in [-0.25, -0.2) is 8.42 Å². The molecular formula is C14H24N2O3S. The molecule has 0 saturated heterocycles. The highest BCUT2D eigenvalue weighted by molar-refractivity contribution is 7.89. The number of ether oxygens (including phenoxy) is 1. The average Bonchev–Trinajstić information content (AvgIpc) is 2.42. The summed E-state index contributed by atoms with van der Waals surface area (Å²) in [4.78, 5) is 0.292. The van der Waals surface area contributed by atoms with Crippen molar-refractivity contribution in [2.75, 3.05) is 26.2 Å². The average molecular weight is 300 g/mol. The maximum absolute atomic E-state index is 12.5. The molecule has 0 aliphatic carbocycles. The number of nitrogens with two attached hydrogens (primary N) is 1. The van der Waals surface area contributed by atoms with Gasteiger partial charge in [-0.05, 0) is 30.2 Å². The summed E-state index contributed by atoms with van der Waals surface area (Å²) < 4.78 is 31.8. The molecule has 1 aromatic rings. The summed E-state index contributed by atoms with van der Waals surface area (Å²) in [5.74, 6) is 0.915. The van der Waals surface area contributed by atoms with Crippen LogP contribution in [0.1, 0.15) is 20.8 Å². The molecule has 5 nitrogen and oxygen atoms in total. The van der Waals surface area contributed by atoms with Crippen molar-refractivity contribution in [3.05, 3.63) is 24.3 Å². The van der Waals surface area contributed by atoms with E-state index in [2.05, 4.69) is 0 Å². The largest absolute Gasteiger partial charge is 0.492 e. The Labute approximate surface area is 121 Å². The molecule has 0 unspecified atom stereocenters. The van der Waals surface area contributed by atoms with Gasteiger partial charge in [0.15, 0.2) is 0 Å². The van der Waals surface area contributed by atoms with Gasteiger partial charge in [-0.2, -0.15) is 4.31 Å². The van der Waals surface area contributed by atoms with Gasteiger partial charge in [0.2, 0.25) is 10.0 Å². The van der Waals surface area contributed by atoms with Crippen molar-refractivity contribution in [1.82, 2.24) is 4.31 Å². The minimum atomic E-state index is -3.43. The lowest BCUT2D eigenvalue weighted by molar-refractivity contribution is 0.328. The maximum atomic E-state index is 12.5. The Hall–Kier alpha value is -1.11. The summed E-state index contributed by atoms with van der Waals surface area (Å²) in [6.45, 7) is 7.68. The van der Waals surface area contributed by atoms with Crippen LogP contribution in [0, 0.1) is 5.92 Å². The van der Waals surface area contributed by atoms with E-state index in [1.165, 1.54) is 4.31 Å². The monoisotopic (exact) mass is 300 g/mol. The van der Waals surface area contributed by atoms with Crippen LogP contribution in [0.25, 0.3) is 0 Å². The fourth-order valence-electron chi connectivity index (χ4n) is 1.84. The van der Waals surface area contributed by atoms with Gasteiger partial charge in [0, 0.05) is 19.6 Å². The van der Waals surface area contributed by atoms with E-state index in [0.29, 0.717) is 36.9 Å². The summed E-state index contributed by atoms with van der Waals surface area (Å²) in [6.07, 6.45) is 0. The lowest BCUT2D eigenvalue weighted by Gasteiger charge is -2.22. The fraction of sp³-hybridized carbons (Fsp3) is 0.571. The van der Waals surface area contributed by atoms with Crippen LogP contribution in [-0.4, -0.2) is 39.0 Å². The molecular weight excluding hydrogens is 276 g/mol. The zero-order valence-corrected chi connectivity index (χ0v) is 13.2. The zero-order chi connectivity index (χ0) is 15.2. The molecule has 2 N–H and O–H groups in total.